The zero-order chi connectivity index (χ0) is 27.0. The Kier molecular flexibility index (Phi) is 24.9. The van der Waals surface area contributed by atoms with Gasteiger partial charge in [-0.2, -0.15) is 0 Å². The Balaban J connectivity index is 4.41. The van der Waals surface area contributed by atoms with Gasteiger partial charge >= 0.3 is 0 Å². The lowest BCUT2D eigenvalue weighted by Gasteiger charge is -2.21. The van der Waals surface area contributed by atoms with Gasteiger partial charge in [0.2, 0.25) is 0 Å². The van der Waals surface area contributed by atoms with Crippen molar-refractivity contribution in [1.29, 1.82) is 0 Å². The summed E-state index contributed by atoms with van der Waals surface area (Å²) in [5.74, 6) is 2.72. The van der Waals surface area contributed by atoms with Gasteiger partial charge in [-0.3, -0.25) is 0 Å². The van der Waals surface area contributed by atoms with Gasteiger partial charge in [-0.25, -0.2) is 0 Å². The third-order valence-electron chi connectivity index (χ3n) is 8.45. The van der Waals surface area contributed by atoms with Crippen molar-refractivity contribution in [2.45, 2.75) is 169 Å². The predicted molar refractivity (Wildman–Crippen MR) is 169 cm³/mol. The largest absolute Gasteiger partial charge is 0.502 e. The number of thiocarbonyl (C=S) groups is 2. The van der Waals surface area contributed by atoms with Gasteiger partial charge in [0.1, 0.15) is 0 Å². The second kappa shape index (κ2) is 25.1. The van der Waals surface area contributed by atoms with E-state index in [9.17, 15) is 10.2 Å². The van der Waals surface area contributed by atoms with Gasteiger partial charge in [0.25, 0.3) is 0 Å². The molecule has 4 atom stereocenters. The SMILES string of the molecule is CCCCC(CC)CCCCCC(CCC(CCCCCC(CC)CCCC)CC(O)=S)CC(O)=S. The predicted octanol–water partition coefficient (Wildman–Crippen LogP) is 11.9. The second-order valence-electron chi connectivity index (χ2n) is 11.6. The third-order valence-corrected chi connectivity index (χ3v) is 8.78. The van der Waals surface area contributed by atoms with Crippen LogP contribution in [0.1, 0.15) is 169 Å². The van der Waals surface area contributed by atoms with E-state index in [-0.39, 0.29) is 10.1 Å². The topological polar surface area (TPSA) is 40.5 Å². The molecule has 0 saturated heterocycles. The van der Waals surface area contributed by atoms with Crippen LogP contribution in [0.25, 0.3) is 0 Å². The first-order valence-corrected chi connectivity index (χ1v) is 16.6. The van der Waals surface area contributed by atoms with Gasteiger partial charge in [0, 0.05) is 12.8 Å². The van der Waals surface area contributed by atoms with E-state index < -0.39 is 0 Å². The van der Waals surface area contributed by atoms with Crippen LogP contribution in [0.5, 0.6) is 0 Å². The van der Waals surface area contributed by atoms with E-state index >= 15 is 0 Å². The molecule has 0 aromatic heterocycles. The molecule has 0 fully saturated rings. The zero-order valence-electron chi connectivity index (χ0n) is 24.6. The Morgan fingerprint density at radius 2 is 0.750 bits per heavy atom. The summed E-state index contributed by atoms with van der Waals surface area (Å²) >= 11 is 10.1. The molecule has 214 valence electrons. The summed E-state index contributed by atoms with van der Waals surface area (Å²) in [6.45, 7) is 9.24. The Hall–Kier alpha value is -0.220. The van der Waals surface area contributed by atoms with Crippen LogP contribution in [0.3, 0.4) is 0 Å². The Bertz CT molecular complexity index is 476. The Morgan fingerprint density at radius 1 is 0.444 bits per heavy atom. The minimum Gasteiger partial charge on any atom is -0.502 e. The maximum absolute atomic E-state index is 9.81. The molecule has 0 spiro atoms. The van der Waals surface area contributed by atoms with Gasteiger partial charge < -0.3 is 10.2 Å². The third kappa shape index (κ3) is 21.8. The highest BCUT2D eigenvalue weighted by atomic mass is 32.1. The summed E-state index contributed by atoms with van der Waals surface area (Å²) in [7, 11) is 0. The molecule has 0 aliphatic rings. The highest BCUT2D eigenvalue weighted by Gasteiger charge is 2.17. The fourth-order valence-electron chi connectivity index (χ4n) is 5.84. The van der Waals surface area contributed by atoms with Crippen LogP contribution in [-0.4, -0.2) is 20.3 Å². The fraction of sp³-hybridized carbons (Fsp3) is 0.938. The summed E-state index contributed by atoms with van der Waals surface area (Å²) < 4.78 is 0. The van der Waals surface area contributed by atoms with Gasteiger partial charge in [-0.05, 0) is 73.8 Å². The lowest BCUT2D eigenvalue weighted by atomic mass is 9.85. The monoisotopic (exact) mass is 542 g/mol. The van der Waals surface area contributed by atoms with Crippen LogP contribution < -0.4 is 0 Å². The molecule has 0 aromatic rings. The van der Waals surface area contributed by atoms with Gasteiger partial charge in [-0.1, -0.05) is 130 Å². The van der Waals surface area contributed by atoms with Gasteiger partial charge in [0.15, 0.2) is 10.1 Å². The second-order valence-corrected chi connectivity index (χ2v) is 12.6. The van der Waals surface area contributed by atoms with Crippen molar-refractivity contribution in [3.05, 3.63) is 0 Å². The zero-order valence-corrected chi connectivity index (χ0v) is 26.2. The normalized spacial score (nSPS) is 14.9. The number of hydrogen-bond donors (Lipinski definition) is 2. The molecular weight excluding hydrogens is 480 g/mol. The standard InChI is InChI=1S/C32H62O2S2/c1-5-9-17-27(7-3)19-13-11-15-21-29(25-31(33)35)23-24-30(26-32(34)36)22-16-12-14-20-28(8-4)18-10-6-2/h27-30H,5-26H2,1-4H3,(H,33,35)(H,34,36). The molecule has 4 unspecified atom stereocenters. The van der Waals surface area contributed by atoms with Crippen LogP contribution in [0.4, 0.5) is 0 Å². The molecule has 0 heterocycles. The summed E-state index contributed by atoms with van der Waals surface area (Å²) in [6, 6.07) is 0. The molecule has 0 aliphatic carbocycles. The summed E-state index contributed by atoms with van der Waals surface area (Å²) in [6.07, 6.45) is 27.0. The highest BCUT2D eigenvalue weighted by molar-refractivity contribution is 7.80. The number of aliphatic hydroxyl groups excluding tert-OH is 2. The highest BCUT2D eigenvalue weighted by Crippen LogP contribution is 2.28. The van der Waals surface area contributed by atoms with Crippen molar-refractivity contribution in [2.75, 3.05) is 0 Å². The number of unbranched alkanes of at least 4 members (excludes halogenated alkanes) is 6. The van der Waals surface area contributed by atoms with Crippen molar-refractivity contribution in [1.82, 2.24) is 0 Å². The lowest BCUT2D eigenvalue weighted by Crippen LogP contribution is -2.12. The van der Waals surface area contributed by atoms with Crippen LogP contribution in [0.2, 0.25) is 0 Å². The maximum Gasteiger partial charge on any atom is 0.156 e. The molecule has 0 rings (SSSR count). The van der Waals surface area contributed by atoms with E-state index in [4.69, 9.17) is 24.4 Å². The molecule has 0 amide bonds. The smallest absolute Gasteiger partial charge is 0.156 e. The van der Waals surface area contributed by atoms with E-state index in [0.717, 1.165) is 37.5 Å². The molecule has 4 heteroatoms. The molecule has 2 N–H and O–H groups in total. The number of hydrogen-bond acceptors (Lipinski definition) is 2. The van der Waals surface area contributed by atoms with Crippen molar-refractivity contribution >= 4 is 34.5 Å². The first-order valence-electron chi connectivity index (χ1n) is 15.8. The molecule has 36 heavy (non-hydrogen) atoms. The summed E-state index contributed by atoms with van der Waals surface area (Å²) in [4.78, 5) is 0. The Labute approximate surface area is 236 Å². The minimum absolute atomic E-state index is 0.161. The molecule has 0 saturated carbocycles. The first-order chi connectivity index (χ1) is 17.4. The number of rotatable bonds is 27. The quantitative estimate of drug-likeness (QED) is 0.0799. The molecule has 0 aromatic carbocycles. The van der Waals surface area contributed by atoms with Crippen LogP contribution >= 0.6 is 24.4 Å². The van der Waals surface area contributed by atoms with E-state index in [1.165, 1.54) is 103 Å². The lowest BCUT2D eigenvalue weighted by molar-refractivity contribution is 0.334. The number of aliphatic hydroxyl groups is 2. The molecular formula is C32H62O2S2. The minimum atomic E-state index is 0.161. The van der Waals surface area contributed by atoms with Crippen LogP contribution in [0.15, 0.2) is 0 Å². The Morgan fingerprint density at radius 3 is 1.03 bits per heavy atom. The maximum atomic E-state index is 9.81. The van der Waals surface area contributed by atoms with E-state index in [0.29, 0.717) is 24.7 Å². The van der Waals surface area contributed by atoms with E-state index in [2.05, 4.69) is 27.7 Å². The van der Waals surface area contributed by atoms with E-state index in [1.54, 1.807) is 0 Å². The average molecular weight is 543 g/mol. The molecule has 2 nitrogen and oxygen atoms in total. The van der Waals surface area contributed by atoms with Crippen LogP contribution in [-0.2, 0) is 0 Å². The molecule has 0 aliphatic heterocycles. The summed E-state index contributed by atoms with van der Waals surface area (Å²) in [5.41, 5.74) is 0. The van der Waals surface area contributed by atoms with Crippen molar-refractivity contribution in [3.63, 3.8) is 0 Å². The van der Waals surface area contributed by atoms with Crippen molar-refractivity contribution in [2.24, 2.45) is 23.7 Å². The van der Waals surface area contributed by atoms with E-state index in [1.807, 2.05) is 0 Å². The van der Waals surface area contributed by atoms with Crippen LogP contribution in [0, 0.1) is 23.7 Å². The van der Waals surface area contributed by atoms with Gasteiger partial charge in [0.05, 0.1) is 0 Å². The van der Waals surface area contributed by atoms with Crippen molar-refractivity contribution < 1.29 is 10.2 Å². The molecule has 0 radical (unpaired) electrons. The molecule has 0 bridgehead atoms. The first kappa shape index (κ1) is 35.8. The fourth-order valence-corrected chi connectivity index (χ4v) is 6.31. The average Bonchev–Trinajstić information content (AvgIpc) is 2.84. The summed E-state index contributed by atoms with van der Waals surface area (Å²) in [5, 5.41) is 19.9. The van der Waals surface area contributed by atoms with Gasteiger partial charge in [-0.15, -0.1) is 0 Å². The van der Waals surface area contributed by atoms with Crippen molar-refractivity contribution in [3.8, 4) is 0 Å².